The highest BCUT2D eigenvalue weighted by Crippen LogP contribution is 2.22. The number of hydrogen-bond donors (Lipinski definition) is 1. The lowest BCUT2D eigenvalue weighted by molar-refractivity contribution is 0.478. The van der Waals surface area contributed by atoms with Gasteiger partial charge in [0.05, 0.1) is 5.25 Å². The Morgan fingerprint density at radius 2 is 2.06 bits per heavy atom. The Labute approximate surface area is 107 Å². The summed E-state index contributed by atoms with van der Waals surface area (Å²) in [5, 5.41) is 3.93. The third-order valence-electron chi connectivity index (χ3n) is 3.29. The smallest absolute Gasteiger partial charge is 0.214 e. The van der Waals surface area contributed by atoms with Gasteiger partial charge >= 0.3 is 0 Å². The summed E-state index contributed by atoms with van der Waals surface area (Å²) in [6.07, 6.45) is 5.73. The van der Waals surface area contributed by atoms with Crippen LogP contribution < -0.4 is 4.72 Å². The molecule has 1 aliphatic carbocycles. The van der Waals surface area contributed by atoms with Crippen molar-refractivity contribution in [2.45, 2.75) is 43.8 Å². The average Bonchev–Trinajstić information content (AvgIpc) is 2.83. The second-order valence-electron chi connectivity index (χ2n) is 4.58. The molecule has 3 nitrogen and oxygen atoms in total. The van der Waals surface area contributed by atoms with Crippen LogP contribution in [0, 0.1) is 0 Å². The van der Waals surface area contributed by atoms with Crippen molar-refractivity contribution in [1.82, 2.24) is 4.72 Å². The van der Waals surface area contributed by atoms with Crippen LogP contribution in [0.3, 0.4) is 0 Å². The minimum absolute atomic E-state index is 0.154. The molecular formula is C12H19NO2S2. The van der Waals surface area contributed by atoms with Crippen molar-refractivity contribution in [2.24, 2.45) is 0 Å². The molecule has 5 heteroatoms. The van der Waals surface area contributed by atoms with Gasteiger partial charge in [-0.25, -0.2) is 13.1 Å². The molecular weight excluding hydrogens is 254 g/mol. The van der Waals surface area contributed by atoms with E-state index in [4.69, 9.17) is 0 Å². The van der Waals surface area contributed by atoms with Crippen LogP contribution in [0.1, 0.15) is 37.7 Å². The summed E-state index contributed by atoms with van der Waals surface area (Å²) in [4.78, 5) is 0. The van der Waals surface area contributed by atoms with Crippen molar-refractivity contribution >= 4 is 21.4 Å². The van der Waals surface area contributed by atoms with Crippen molar-refractivity contribution in [1.29, 1.82) is 0 Å². The van der Waals surface area contributed by atoms with Crippen LogP contribution in [0.15, 0.2) is 16.8 Å². The predicted molar refractivity (Wildman–Crippen MR) is 71.8 cm³/mol. The second-order valence-corrected chi connectivity index (χ2v) is 7.41. The summed E-state index contributed by atoms with van der Waals surface area (Å²) in [6.45, 7) is 0.523. The Morgan fingerprint density at radius 3 is 2.71 bits per heavy atom. The van der Waals surface area contributed by atoms with Gasteiger partial charge in [0.25, 0.3) is 0 Å². The topological polar surface area (TPSA) is 46.2 Å². The van der Waals surface area contributed by atoms with E-state index in [0.29, 0.717) is 6.54 Å². The average molecular weight is 273 g/mol. The lowest BCUT2D eigenvalue weighted by atomic mass is 10.0. The summed E-state index contributed by atoms with van der Waals surface area (Å²) >= 11 is 1.65. The van der Waals surface area contributed by atoms with Crippen LogP contribution in [0.25, 0.3) is 0 Å². The van der Waals surface area contributed by atoms with Crippen molar-refractivity contribution in [3.8, 4) is 0 Å². The molecule has 0 atom stereocenters. The summed E-state index contributed by atoms with van der Waals surface area (Å²) in [6, 6.07) is 2.04. The number of nitrogens with one attached hydrogen (secondary N) is 1. The van der Waals surface area contributed by atoms with E-state index >= 15 is 0 Å². The fourth-order valence-corrected chi connectivity index (χ4v) is 4.55. The molecule has 0 aliphatic heterocycles. The van der Waals surface area contributed by atoms with E-state index in [1.165, 1.54) is 12.0 Å². The minimum Gasteiger partial charge on any atom is -0.215 e. The molecule has 0 spiro atoms. The maximum absolute atomic E-state index is 12.0. The fourth-order valence-electron chi connectivity index (χ4n) is 2.27. The first kappa shape index (κ1) is 13.1. The standard InChI is InChI=1S/C12H19NO2S2/c14-17(15,12-4-2-1-3-5-12)13-8-6-11-7-9-16-10-11/h7,9-10,12-13H,1-6,8H2. The molecule has 17 heavy (non-hydrogen) atoms. The first-order chi connectivity index (χ1) is 8.18. The Morgan fingerprint density at radius 1 is 1.29 bits per heavy atom. The van der Waals surface area contributed by atoms with Gasteiger partial charge in [0, 0.05) is 6.54 Å². The first-order valence-electron chi connectivity index (χ1n) is 6.18. The Hall–Kier alpha value is -0.390. The molecule has 96 valence electrons. The lowest BCUT2D eigenvalue weighted by Gasteiger charge is -2.21. The Kier molecular flexibility index (Phi) is 4.59. The molecule has 1 fully saturated rings. The predicted octanol–water partition coefficient (Wildman–Crippen LogP) is 2.54. The molecule has 1 aliphatic rings. The van der Waals surface area contributed by atoms with Crippen molar-refractivity contribution in [3.05, 3.63) is 22.4 Å². The van der Waals surface area contributed by atoms with E-state index in [-0.39, 0.29) is 5.25 Å². The molecule has 0 radical (unpaired) electrons. The quantitative estimate of drug-likeness (QED) is 0.896. The molecule has 1 N–H and O–H groups in total. The third-order valence-corrected chi connectivity index (χ3v) is 5.98. The zero-order chi connectivity index (χ0) is 12.1. The Bertz CT molecular complexity index is 419. The van der Waals surface area contributed by atoms with Gasteiger partial charge in [0.2, 0.25) is 10.0 Å². The number of thiophene rings is 1. The SMILES string of the molecule is O=S(=O)(NCCc1ccsc1)C1CCCCC1. The van der Waals surface area contributed by atoms with E-state index in [0.717, 1.165) is 32.1 Å². The van der Waals surface area contributed by atoms with Gasteiger partial charge in [0.15, 0.2) is 0 Å². The number of hydrogen-bond acceptors (Lipinski definition) is 3. The summed E-state index contributed by atoms with van der Waals surface area (Å²) in [5.74, 6) is 0. The summed E-state index contributed by atoms with van der Waals surface area (Å²) in [5.41, 5.74) is 1.21. The number of sulfonamides is 1. The molecule has 1 aromatic heterocycles. The molecule has 0 aromatic carbocycles. The molecule has 1 saturated carbocycles. The summed E-state index contributed by atoms with van der Waals surface area (Å²) < 4.78 is 26.8. The molecule has 1 heterocycles. The van der Waals surface area contributed by atoms with Gasteiger partial charge in [-0.1, -0.05) is 19.3 Å². The van der Waals surface area contributed by atoms with Crippen LogP contribution in [0.5, 0.6) is 0 Å². The molecule has 0 bridgehead atoms. The van der Waals surface area contributed by atoms with Gasteiger partial charge in [-0.3, -0.25) is 0 Å². The zero-order valence-corrected chi connectivity index (χ0v) is 11.5. The lowest BCUT2D eigenvalue weighted by Crippen LogP contribution is -2.36. The summed E-state index contributed by atoms with van der Waals surface area (Å²) in [7, 11) is -3.08. The fraction of sp³-hybridized carbons (Fsp3) is 0.667. The highest BCUT2D eigenvalue weighted by molar-refractivity contribution is 7.90. The second kappa shape index (κ2) is 5.98. The van der Waals surface area contributed by atoms with E-state index in [2.05, 4.69) is 10.1 Å². The molecule has 1 aromatic rings. The van der Waals surface area contributed by atoms with Crippen molar-refractivity contribution < 1.29 is 8.42 Å². The maximum Gasteiger partial charge on any atom is 0.214 e. The van der Waals surface area contributed by atoms with Gasteiger partial charge in [-0.05, 0) is 41.7 Å². The van der Waals surface area contributed by atoms with E-state index < -0.39 is 10.0 Å². The highest BCUT2D eigenvalue weighted by atomic mass is 32.2. The van der Waals surface area contributed by atoms with E-state index in [9.17, 15) is 8.42 Å². The molecule has 0 unspecified atom stereocenters. The largest absolute Gasteiger partial charge is 0.215 e. The van der Waals surface area contributed by atoms with Crippen LogP contribution >= 0.6 is 11.3 Å². The van der Waals surface area contributed by atoms with Crippen LogP contribution in [-0.4, -0.2) is 20.2 Å². The van der Waals surface area contributed by atoms with Crippen LogP contribution in [0.4, 0.5) is 0 Å². The normalized spacial score (nSPS) is 18.4. The minimum atomic E-state index is -3.08. The maximum atomic E-state index is 12.0. The third kappa shape index (κ3) is 3.79. The molecule has 2 rings (SSSR count). The Balaban J connectivity index is 1.80. The van der Waals surface area contributed by atoms with Crippen molar-refractivity contribution in [2.75, 3.05) is 6.54 Å². The zero-order valence-electron chi connectivity index (χ0n) is 9.89. The van der Waals surface area contributed by atoms with Gasteiger partial charge in [-0.2, -0.15) is 11.3 Å². The first-order valence-corrected chi connectivity index (χ1v) is 8.67. The van der Waals surface area contributed by atoms with Gasteiger partial charge in [-0.15, -0.1) is 0 Å². The van der Waals surface area contributed by atoms with E-state index in [1.807, 2.05) is 11.4 Å². The van der Waals surface area contributed by atoms with Crippen LogP contribution in [0.2, 0.25) is 0 Å². The number of rotatable bonds is 5. The monoisotopic (exact) mass is 273 g/mol. The van der Waals surface area contributed by atoms with Crippen LogP contribution in [-0.2, 0) is 16.4 Å². The van der Waals surface area contributed by atoms with Gasteiger partial charge < -0.3 is 0 Å². The molecule has 0 saturated heterocycles. The molecule has 0 amide bonds. The highest BCUT2D eigenvalue weighted by Gasteiger charge is 2.26. The van der Waals surface area contributed by atoms with Crippen molar-refractivity contribution in [3.63, 3.8) is 0 Å². The van der Waals surface area contributed by atoms with E-state index in [1.54, 1.807) is 11.3 Å². The van der Waals surface area contributed by atoms with Gasteiger partial charge in [0.1, 0.15) is 0 Å².